The highest BCUT2D eigenvalue weighted by Gasteiger charge is 2.37. The van der Waals surface area contributed by atoms with E-state index in [2.05, 4.69) is 5.32 Å². The second-order valence-electron chi connectivity index (χ2n) is 6.80. The summed E-state index contributed by atoms with van der Waals surface area (Å²) in [6.45, 7) is 4.33. The van der Waals surface area contributed by atoms with Crippen LogP contribution in [0.3, 0.4) is 0 Å². The van der Waals surface area contributed by atoms with E-state index in [-0.39, 0.29) is 16.5 Å². The van der Waals surface area contributed by atoms with Crippen LogP contribution in [-0.4, -0.2) is 24.5 Å². The van der Waals surface area contributed by atoms with Gasteiger partial charge in [0.2, 0.25) is 0 Å². The van der Waals surface area contributed by atoms with Crippen molar-refractivity contribution >= 4 is 52.8 Å². The number of imide groups is 2. The van der Waals surface area contributed by atoms with Gasteiger partial charge in [-0.25, -0.2) is 9.69 Å². The average Bonchev–Trinajstić information content (AvgIpc) is 2.64. The van der Waals surface area contributed by atoms with Crippen LogP contribution in [0.2, 0.25) is 10.0 Å². The molecule has 2 aromatic carbocycles. The number of carbonyl (C=O) groups is 3. The molecule has 1 aliphatic rings. The normalized spacial score (nSPS) is 15.8. The van der Waals surface area contributed by atoms with Crippen molar-refractivity contribution in [2.24, 2.45) is 5.92 Å². The number of ether oxygens (including phenoxy) is 1. The van der Waals surface area contributed by atoms with Crippen LogP contribution in [0.1, 0.15) is 19.4 Å². The van der Waals surface area contributed by atoms with Crippen LogP contribution in [-0.2, 0) is 9.59 Å². The summed E-state index contributed by atoms with van der Waals surface area (Å²) in [4.78, 5) is 38.5. The molecular weight excluding hydrogens is 415 g/mol. The molecule has 4 amide bonds. The van der Waals surface area contributed by atoms with E-state index in [9.17, 15) is 14.4 Å². The van der Waals surface area contributed by atoms with Crippen LogP contribution in [0.15, 0.2) is 48.0 Å². The molecule has 0 unspecified atom stereocenters. The van der Waals surface area contributed by atoms with Gasteiger partial charge in [0.25, 0.3) is 11.8 Å². The predicted molar refractivity (Wildman–Crippen MR) is 112 cm³/mol. The summed E-state index contributed by atoms with van der Waals surface area (Å²) in [5.41, 5.74) is 0.471. The van der Waals surface area contributed by atoms with Crippen molar-refractivity contribution in [2.45, 2.75) is 13.8 Å². The zero-order valence-electron chi connectivity index (χ0n) is 15.7. The van der Waals surface area contributed by atoms with E-state index in [0.29, 0.717) is 28.6 Å². The molecule has 0 spiro atoms. The number of anilines is 1. The Morgan fingerprint density at radius 2 is 1.79 bits per heavy atom. The lowest BCUT2D eigenvalue weighted by Gasteiger charge is -2.26. The average molecular weight is 433 g/mol. The Bertz CT molecular complexity index is 1000. The van der Waals surface area contributed by atoms with E-state index in [1.54, 1.807) is 36.4 Å². The molecule has 2 aromatic rings. The molecule has 0 saturated carbocycles. The van der Waals surface area contributed by atoms with E-state index >= 15 is 0 Å². The minimum atomic E-state index is -0.816. The maximum atomic E-state index is 13.0. The Morgan fingerprint density at radius 1 is 1.10 bits per heavy atom. The third kappa shape index (κ3) is 4.60. The molecule has 1 saturated heterocycles. The molecule has 1 heterocycles. The molecule has 150 valence electrons. The van der Waals surface area contributed by atoms with Gasteiger partial charge < -0.3 is 4.74 Å². The highest BCUT2D eigenvalue weighted by Crippen LogP contribution is 2.35. The Labute approximate surface area is 178 Å². The molecule has 1 fully saturated rings. The zero-order valence-corrected chi connectivity index (χ0v) is 17.3. The third-order valence-corrected chi connectivity index (χ3v) is 4.51. The number of hydrogen-bond donors (Lipinski definition) is 1. The van der Waals surface area contributed by atoms with Gasteiger partial charge in [0.15, 0.2) is 0 Å². The number of rotatable bonds is 5. The Morgan fingerprint density at radius 3 is 2.45 bits per heavy atom. The fourth-order valence-electron chi connectivity index (χ4n) is 2.71. The van der Waals surface area contributed by atoms with Gasteiger partial charge in [-0.1, -0.05) is 55.2 Å². The molecule has 0 atom stereocenters. The number of urea groups is 1. The molecule has 0 aliphatic carbocycles. The number of halogens is 2. The minimum absolute atomic E-state index is 0.230. The maximum absolute atomic E-state index is 13.0. The summed E-state index contributed by atoms with van der Waals surface area (Å²) in [5, 5.41) is 2.75. The number of nitrogens with one attached hydrogen (secondary N) is 1. The number of hydrogen-bond acceptors (Lipinski definition) is 4. The van der Waals surface area contributed by atoms with Crippen LogP contribution in [0.4, 0.5) is 10.5 Å². The smallest absolute Gasteiger partial charge is 0.335 e. The molecule has 0 bridgehead atoms. The zero-order chi connectivity index (χ0) is 21.1. The molecule has 3 rings (SSSR count). The molecule has 1 aliphatic heterocycles. The van der Waals surface area contributed by atoms with Crippen molar-refractivity contribution in [1.82, 2.24) is 5.32 Å². The highest BCUT2D eigenvalue weighted by molar-refractivity contribution is 6.40. The first-order chi connectivity index (χ1) is 13.8. The fourth-order valence-corrected chi connectivity index (χ4v) is 3.28. The molecule has 1 N–H and O–H groups in total. The fraction of sp³-hybridized carbons (Fsp3) is 0.190. The Hall–Kier alpha value is -2.83. The van der Waals surface area contributed by atoms with Crippen LogP contribution in [0.25, 0.3) is 6.08 Å². The van der Waals surface area contributed by atoms with E-state index in [1.165, 1.54) is 12.1 Å². The number of carbonyl (C=O) groups excluding carboxylic acids is 3. The molecule has 0 radical (unpaired) electrons. The van der Waals surface area contributed by atoms with Gasteiger partial charge in [-0.3, -0.25) is 14.9 Å². The van der Waals surface area contributed by atoms with Crippen LogP contribution in [0.5, 0.6) is 5.75 Å². The van der Waals surface area contributed by atoms with Crippen molar-refractivity contribution in [3.8, 4) is 5.75 Å². The second-order valence-corrected chi connectivity index (χ2v) is 7.65. The molecule has 29 heavy (non-hydrogen) atoms. The van der Waals surface area contributed by atoms with Crippen molar-refractivity contribution in [3.63, 3.8) is 0 Å². The van der Waals surface area contributed by atoms with Crippen molar-refractivity contribution in [2.75, 3.05) is 11.5 Å². The van der Waals surface area contributed by atoms with Gasteiger partial charge in [0, 0.05) is 10.6 Å². The van der Waals surface area contributed by atoms with E-state index < -0.39 is 17.8 Å². The summed E-state index contributed by atoms with van der Waals surface area (Å²) < 4.78 is 5.77. The first kappa shape index (κ1) is 20.9. The molecule has 0 aromatic heterocycles. The molecule has 6 nitrogen and oxygen atoms in total. The number of barbiturate groups is 1. The quantitative estimate of drug-likeness (QED) is 0.548. The predicted octanol–water partition coefficient (Wildman–Crippen LogP) is 4.69. The second kappa shape index (κ2) is 8.68. The number of benzene rings is 2. The summed E-state index contributed by atoms with van der Waals surface area (Å²) in [5.74, 6) is -1.02. The topological polar surface area (TPSA) is 75.7 Å². The summed E-state index contributed by atoms with van der Waals surface area (Å²) >= 11 is 12.4. The van der Waals surface area contributed by atoms with Gasteiger partial charge in [-0.15, -0.1) is 0 Å². The van der Waals surface area contributed by atoms with Crippen molar-refractivity contribution in [1.29, 1.82) is 0 Å². The van der Waals surface area contributed by atoms with Crippen LogP contribution < -0.4 is 15.0 Å². The lowest BCUT2D eigenvalue weighted by molar-refractivity contribution is -0.122. The highest BCUT2D eigenvalue weighted by atomic mass is 35.5. The first-order valence-corrected chi connectivity index (χ1v) is 9.62. The largest absolute Gasteiger partial charge is 0.491 e. The van der Waals surface area contributed by atoms with Gasteiger partial charge in [0.1, 0.15) is 11.3 Å². The monoisotopic (exact) mass is 432 g/mol. The summed E-state index contributed by atoms with van der Waals surface area (Å²) in [6.07, 6.45) is 1.33. The van der Waals surface area contributed by atoms with Gasteiger partial charge >= 0.3 is 6.03 Å². The summed E-state index contributed by atoms with van der Waals surface area (Å²) in [6, 6.07) is 10.6. The Balaban J connectivity index is 2.06. The third-order valence-electron chi connectivity index (χ3n) is 4.01. The van der Waals surface area contributed by atoms with E-state index in [4.69, 9.17) is 27.9 Å². The van der Waals surface area contributed by atoms with Gasteiger partial charge in [0.05, 0.1) is 17.3 Å². The van der Waals surface area contributed by atoms with Gasteiger partial charge in [-0.05, 0) is 36.3 Å². The SMILES string of the molecule is CC(C)COc1c(Cl)cc(Cl)cc1/C=C1\C(=O)NC(=O)N(c2ccccc2)C1=O. The lowest BCUT2D eigenvalue weighted by Crippen LogP contribution is -2.54. The minimum Gasteiger partial charge on any atom is -0.491 e. The lowest BCUT2D eigenvalue weighted by atomic mass is 10.1. The standard InChI is InChI=1S/C21H18Cl2N2O4/c1-12(2)11-29-18-13(8-14(22)10-17(18)23)9-16-19(26)24-21(28)25(20(16)27)15-6-4-3-5-7-15/h3-10,12H,11H2,1-2H3,(H,24,26,28)/b16-9+. The van der Waals surface area contributed by atoms with Gasteiger partial charge in [-0.2, -0.15) is 0 Å². The maximum Gasteiger partial charge on any atom is 0.335 e. The van der Waals surface area contributed by atoms with Crippen molar-refractivity contribution in [3.05, 3.63) is 63.6 Å². The number of amides is 4. The Kier molecular flexibility index (Phi) is 6.25. The van der Waals surface area contributed by atoms with Crippen LogP contribution >= 0.6 is 23.2 Å². The number of nitrogens with zero attached hydrogens (tertiary/aromatic N) is 1. The van der Waals surface area contributed by atoms with E-state index in [0.717, 1.165) is 4.90 Å². The van der Waals surface area contributed by atoms with Crippen LogP contribution in [0, 0.1) is 5.92 Å². The molecular formula is C21H18Cl2N2O4. The van der Waals surface area contributed by atoms with Crippen molar-refractivity contribution < 1.29 is 19.1 Å². The summed E-state index contributed by atoms with van der Waals surface area (Å²) in [7, 11) is 0. The first-order valence-electron chi connectivity index (χ1n) is 8.86. The number of para-hydroxylation sites is 1. The van der Waals surface area contributed by atoms with E-state index in [1.807, 2.05) is 13.8 Å². The molecule has 8 heteroatoms.